The monoisotopic (exact) mass is 320 g/mol. The number of tetrazole rings is 1. The third kappa shape index (κ3) is 2.96. The lowest BCUT2D eigenvalue weighted by Crippen LogP contribution is -2.10. The Bertz CT molecular complexity index is 803. The Morgan fingerprint density at radius 2 is 1.46 bits per heavy atom. The zero-order valence-electron chi connectivity index (χ0n) is 15.0. The van der Waals surface area contributed by atoms with Crippen molar-refractivity contribution in [3.63, 3.8) is 0 Å². The number of benzene rings is 2. The Morgan fingerprint density at radius 1 is 0.875 bits per heavy atom. The summed E-state index contributed by atoms with van der Waals surface area (Å²) in [5, 5.41) is 12.6. The fourth-order valence-electron chi connectivity index (χ4n) is 3.07. The molecule has 4 nitrogen and oxygen atoms in total. The van der Waals surface area contributed by atoms with Crippen LogP contribution in [0.25, 0.3) is 17.1 Å². The maximum absolute atomic E-state index is 4.33. The molecule has 24 heavy (non-hydrogen) atoms. The van der Waals surface area contributed by atoms with E-state index in [2.05, 4.69) is 62.3 Å². The number of rotatable bonds is 4. The molecule has 1 aromatic heterocycles. The van der Waals surface area contributed by atoms with E-state index < -0.39 is 0 Å². The van der Waals surface area contributed by atoms with Crippen LogP contribution >= 0.6 is 0 Å². The van der Waals surface area contributed by atoms with Crippen LogP contribution in [0.3, 0.4) is 0 Å². The lowest BCUT2D eigenvalue weighted by molar-refractivity contribution is 0.739. The third-order valence-electron chi connectivity index (χ3n) is 4.27. The summed E-state index contributed by atoms with van der Waals surface area (Å²) >= 11 is 0. The number of hydrogen-bond acceptors (Lipinski definition) is 3. The van der Waals surface area contributed by atoms with E-state index in [1.165, 1.54) is 16.7 Å². The summed E-state index contributed by atoms with van der Waals surface area (Å²) in [6.07, 6.45) is 0. The van der Waals surface area contributed by atoms with E-state index in [9.17, 15) is 0 Å². The van der Waals surface area contributed by atoms with Crippen LogP contribution in [-0.2, 0) is 0 Å². The number of aromatic nitrogens is 4. The lowest BCUT2D eigenvalue weighted by atomic mass is 9.90. The van der Waals surface area contributed by atoms with E-state index >= 15 is 0 Å². The molecule has 124 valence electrons. The topological polar surface area (TPSA) is 43.6 Å². The molecule has 0 aliphatic heterocycles. The molecule has 4 heteroatoms. The minimum atomic E-state index is 0.394. The van der Waals surface area contributed by atoms with Gasteiger partial charge >= 0.3 is 0 Å². The van der Waals surface area contributed by atoms with Gasteiger partial charge in [-0.2, -0.15) is 4.68 Å². The molecule has 0 atom stereocenters. The molecule has 0 aliphatic carbocycles. The molecule has 0 radical (unpaired) electrons. The van der Waals surface area contributed by atoms with Gasteiger partial charge in [0.05, 0.1) is 5.69 Å². The van der Waals surface area contributed by atoms with Crippen LogP contribution in [0.5, 0.6) is 0 Å². The summed E-state index contributed by atoms with van der Waals surface area (Å²) in [4.78, 5) is 0. The molecule has 0 aliphatic rings. The molecule has 2 aromatic carbocycles. The van der Waals surface area contributed by atoms with Gasteiger partial charge in [-0.3, -0.25) is 0 Å². The Hall–Kier alpha value is -2.49. The summed E-state index contributed by atoms with van der Waals surface area (Å²) in [6, 6.07) is 14.6. The van der Waals surface area contributed by atoms with Crippen molar-refractivity contribution in [2.75, 3.05) is 0 Å². The molecule has 3 aromatic rings. The fourth-order valence-corrected chi connectivity index (χ4v) is 3.07. The van der Waals surface area contributed by atoms with Crippen molar-refractivity contribution in [2.24, 2.45) is 0 Å². The highest BCUT2D eigenvalue weighted by atomic mass is 15.5. The number of hydrogen-bond donors (Lipinski definition) is 0. The predicted molar refractivity (Wildman–Crippen MR) is 97.5 cm³/mol. The Morgan fingerprint density at radius 3 is 2.00 bits per heavy atom. The lowest BCUT2D eigenvalue weighted by Gasteiger charge is -2.21. The standard InChI is InChI=1S/C20H24N4/c1-13(2)17-11-15(5)12-18(14(3)4)19(17)24-20(21-22-23-24)16-9-7-6-8-10-16/h6-14H,1-5H3. The van der Waals surface area contributed by atoms with Gasteiger partial charge in [-0.25, -0.2) is 0 Å². The number of aryl methyl sites for hydroxylation is 1. The van der Waals surface area contributed by atoms with Crippen molar-refractivity contribution in [1.29, 1.82) is 0 Å². The maximum atomic E-state index is 4.33. The Labute approximate surface area is 143 Å². The van der Waals surface area contributed by atoms with Crippen LogP contribution in [0.2, 0.25) is 0 Å². The normalized spacial score (nSPS) is 11.5. The van der Waals surface area contributed by atoms with Crippen molar-refractivity contribution in [2.45, 2.75) is 46.5 Å². The molecule has 0 unspecified atom stereocenters. The van der Waals surface area contributed by atoms with Gasteiger partial charge in [-0.05, 0) is 40.3 Å². The van der Waals surface area contributed by atoms with Gasteiger partial charge in [0, 0.05) is 5.56 Å². The van der Waals surface area contributed by atoms with Gasteiger partial charge in [0.15, 0.2) is 5.82 Å². The van der Waals surface area contributed by atoms with Gasteiger partial charge in [0.25, 0.3) is 0 Å². The molecule has 1 heterocycles. The Balaban J connectivity index is 2.29. The quantitative estimate of drug-likeness (QED) is 0.688. The largest absolute Gasteiger partial charge is 0.192 e. The minimum absolute atomic E-state index is 0.394. The van der Waals surface area contributed by atoms with Crippen LogP contribution in [-0.4, -0.2) is 20.2 Å². The van der Waals surface area contributed by atoms with E-state index in [0.29, 0.717) is 11.8 Å². The molecule has 3 rings (SSSR count). The molecule has 0 bridgehead atoms. The average Bonchev–Trinajstić information content (AvgIpc) is 3.04. The average molecular weight is 320 g/mol. The van der Waals surface area contributed by atoms with Crippen LogP contribution in [0.1, 0.15) is 56.2 Å². The summed E-state index contributed by atoms with van der Waals surface area (Å²) in [5.74, 6) is 1.57. The first-order valence-corrected chi connectivity index (χ1v) is 8.47. The molecular formula is C20H24N4. The van der Waals surface area contributed by atoms with Crippen molar-refractivity contribution < 1.29 is 0 Å². The SMILES string of the molecule is Cc1cc(C(C)C)c(-n2nnnc2-c2ccccc2)c(C(C)C)c1. The smallest absolute Gasteiger partial charge is 0.187 e. The molecule has 0 fully saturated rings. The van der Waals surface area contributed by atoms with Gasteiger partial charge in [-0.15, -0.1) is 5.10 Å². The van der Waals surface area contributed by atoms with Crippen molar-refractivity contribution >= 4 is 0 Å². The second-order valence-corrected chi connectivity index (χ2v) is 6.88. The minimum Gasteiger partial charge on any atom is -0.192 e. The van der Waals surface area contributed by atoms with Crippen LogP contribution < -0.4 is 0 Å². The fraction of sp³-hybridized carbons (Fsp3) is 0.350. The van der Waals surface area contributed by atoms with Gasteiger partial charge in [0.1, 0.15) is 0 Å². The van der Waals surface area contributed by atoms with Crippen molar-refractivity contribution in [1.82, 2.24) is 20.2 Å². The van der Waals surface area contributed by atoms with Crippen LogP contribution in [0, 0.1) is 6.92 Å². The van der Waals surface area contributed by atoms with Gasteiger partial charge < -0.3 is 0 Å². The number of nitrogens with zero attached hydrogens (tertiary/aromatic N) is 4. The first kappa shape index (κ1) is 16.4. The van der Waals surface area contributed by atoms with E-state index in [1.807, 2.05) is 35.0 Å². The van der Waals surface area contributed by atoms with Crippen LogP contribution in [0.4, 0.5) is 0 Å². The third-order valence-corrected chi connectivity index (χ3v) is 4.27. The van der Waals surface area contributed by atoms with Crippen molar-refractivity contribution in [3.05, 3.63) is 59.2 Å². The second kappa shape index (κ2) is 6.56. The zero-order valence-corrected chi connectivity index (χ0v) is 15.0. The van der Waals surface area contributed by atoms with E-state index in [1.54, 1.807) is 0 Å². The van der Waals surface area contributed by atoms with Gasteiger partial charge in [0.2, 0.25) is 0 Å². The molecule has 0 spiro atoms. The molecular weight excluding hydrogens is 296 g/mol. The van der Waals surface area contributed by atoms with E-state index in [0.717, 1.165) is 17.1 Å². The summed E-state index contributed by atoms with van der Waals surface area (Å²) < 4.78 is 1.90. The Kier molecular flexibility index (Phi) is 4.47. The summed E-state index contributed by atoms with van der Waals surface area (Å²) in [5.41, 5.74) is 5.98. The summed E-state index contributed by atoms with van der Waals surface area (Å²) in [7, 11) is 0. The molecule has 0 saturated heterocycles. The zero-order chi connectivity index (χ0) is 17.3. The second-order valence-electron chi connectivity index (χ2n) is 6.88. The first-order valence-electron chi connectivity index (χ1n) is 8.47. The predicted octanol–water partition coefficient (Wildman–Crippen LogP) is 4.88. The summed E-state index contributed by atoms with van der Waals surface area (Å²) in [6.45, 7) is 11.0. The van der Waals surface area contributed by atoms with E-state index in [-0.39, 0.29) is 0 Å². The van der Waals surface area contributed by atoms with Gasteiger partial charge in [-0.1, -0.05) is 75.7 Å². The molecule has 0 N–H and O–H groups in total. The highest BCUT2D eigenvalue weighted by molar-refractivity contribution is 5.61. The van der Waals surface area contributed by atoms with Crippen molar-refractivity contribution in [3.8, 4) is 17.1 Å². The highest BCUT2D eigenvalue weighted by Crippen LogP contribution is 2.33. The highest BCUT2D eigenvalue weighted by Gasteiger charge is 2.21. The first-order chi connectivity index (χ1) is 11.5. The van der Waals surface area contributed by atoms with Crippen LogP contribution in [0.15, 0.2) is 42.5 Å². The molecule has 0 saturated carbocycles. The maximum Gasteiger partial charge on any atom is 0.187 e. The van der Waals surface area contributed by atoms with E-state index in [4.69, 9.17) is 0 Å². The molecule has 0 amide bonds.